The molecule has 0 bridgehead atoms. The van der Waals surface area contributed by atoms with E-state index in [1.54, 1.807) is 41.3 Å². The Hall–Kier alpha value is -3.16. The van der Waals surface area contributed by atoms with Crippen LogP contribution in [0.4, 0.5) is 5.69 Å². The van der Waals surface area contributed by atoms with E-state index in [0.717, 1.165) is 11.3 Å². The third kappa shape index (κ3) is 3.69. The molecule has 0 N–H and O–H groups in total. The quantitative estimate of drug-likeness (QED) is 0.625. The zero-order valence-corrected chi connectivity index (χ0v) is 17.6. The summed E-state index contributed by atoms with van der Waals surface area (Å²) in [6.07, 6.45) is 0.597. The van der Waals surface area contributed by atoms with Crippen molar-refractivity contribution in [1.29, 1.82) is 0 Å². The number of anilines is 1. The smallest absolute Gasteiger partial charge is 0.262 e. The number of nitrogens with zero attached hydrogens (tertiary/aromatic N) is 2. The largest absolute Gasteiger partial charge is 0.457 e. The van der Waals surface area contributed by atoms with Gasteiger partial charge in [-0.2, -0.15) is 0 Å². The minimum atomic E-state index is -3.52. The van der Waals surface area contributed by atoms with E-state index < -0.39 is 10.0 Å². The predicted molar refractivity (Wildman–Crippen MR) is 116 cm³/mol. The van der Waals surface area contributed by atoms with Gasteiger partial charge in [-0.3, -0.25) is 4.79 Å². The van der Waals surface area contributed by atoms with Gasteiger partial charge in [-0.1, -0.05) is 30.3 Å². The number of ether oxygens (including phenoxy) is 1. The number of hydrogen-bond acceptors (Lipinski definition) is 4. The topological polar surface area (TPSA) is 66.9 Å². The van der Waals surface area contributed by atoms with Gasteiger partial charge in [0.15, 0.2) is 0 Å². The summed E-state index contributed by atoms with van der Waals surface area (Å²) in [6, 6.07) is 21.3. The second kappa shape index (κ2) is 7.93. The second-order valence-corrected chi connectivity index (χ2v) is 9.35. The van der Waals surface area contributed by atoms with Crippen LogP contribution in [0.2, 0.25) is 0 Å². The summed E-state index contributed by atoms with van der Waals surface area (Å²) in [5.74, 6) is 0.954. The van der Waals surface area contributed by atoms with Gasteiger partial charge >= 0.3 is 0 Å². The first kappa shape index (κ1) is 20.1. The number of benzene rings is 3. The van der Waals surface area contributed by atoms with Crippen LogP contribution in [0, 0.1) is 0 Å². The summed E-state index contributed by atoms with van der Waals surface area (Å²) in [5.41, 5.74) is 2.03. The highest BCUT2D eigenvalue weighted by atomic mass is 32.2. The molecule has 6 nitrogen and oxygen atoms in total. The zero-order valence-electron chi connectivity index (χ0n) is 16.8. The maximum atomic E-state index is 13.3. The molecule has 1 heterocycles. The molecule has 0 atom stereocenters. The highest BCUT2D eigenvalue weighted by Gasteiger charge is 2.29. The zero-order chi connectivity index (χ0) is 21.3. The maximum absolute atomic E-state index is 13.3. The third-order valence-electron chi connectivity index (χ3n) is 5.06. The summed E-state index contributed by atoms with van der Waals surface area (Å²) >= 11 is 0. The molecular weight excluding hydrogens is 400 g/mol. The van der Waals surface area contributed by atoms with Gasteiger partial charge in [0.2, 0.25) is 10.0 Å². The molecule has 0 fully saturated rings. The number of carbonyl (C=O) groups excluding carboxylic acids is 1. The van der Waals surface area contributed by atoms with Crippen molar-refractivity contribution in [2.75, 3.05) is 25.5 Å². The lowest BCUT2D eigenvalue weighted by Gasteiger charge is -2.20. The first-order chi connectivity index (χ1) is 14.4. The van der Waals surface area contributed by atoms with E-state index in [9.17, 15) is 13.2 Å². The van der Waals surface area contributed by atoms with Gasteiger partial charge in [0.25, 0.3) is 5.91 Å². The monoisotopic (exact) mass is 422 g/mol. The second-order valence-electron chi connectivity index (χ2n) is 7.20. The Morgan fingerprint density at radius 3 is 2.40 bits per heavy atom. The molecule has 154 valence electrons. The van der Waals surface area contributed by atoms with Gasteiger partial charge in [0.05, 0.1) is 10.5 Å². The van der Waals surface area contributed by atoms with Crippen molar-refractivity contribution in [2.45, 2.75) is 11.3 Å². The highest BCUT2D eigenvalue weighted by molar-refractivity contribution is 7.89. The summed E-state index contributed by atoms with van der Waals surface area (Å²) in [6.45, 7) is 0.485. The van der Waals surface area contributed by atoms with Crippen LogP contribution >= 0.6 is 0 Å². The third-order valence-corrected chi connectivity index (χ3v) is 6.87. The van der Waals surface area contributed by atoms with Gasteiger partial charge in [-0.25, -0.2) is 12.7 Å². The normalized spacial score (nSPS) is 13.4. The van der Waals surface area contributed by atoms with Gasteiger partial charge in [-0.05, 0) is 54.4 Å². The number of sulfonamides is 1. The van der Waals surface area contributed by atoms with Crippen LogP contribution in [-0.4, -0.2) is 39.3 Å². The maximum Gasteiger partial charge on any atom is 0.262 e. The van der Waals surface area contributed by atoms with Crippen LogP contribution in [-0.2, 0) is 16.4 Å². The lowest BCUT2D eigenvalue weighted by Crippen LogP contribution is -2.29. The molecule has 0 radical (unpaired) electrons. The summed E-state index contributed by atoms with van der Waals surface area (Å²) in [4.78, 5) is 15.2. The van der Waals surface area contributed by atoms with Crippen molar-refractivity contribution in [3.63, 3.8) is 0 Å². The van der Waals surface area contributed by atoms with Crippen molar-refractivity contribution in [3.8, 4) is 11.5 Å². The van der Waals surface area contributed by atoms with Crippen LogP contribution in [0.1, 0.15) is 15.9 Å². The Morgan fingerprint density at radius 2 is 1.67 bits per heavy atom. The van der Waals surface area contributed by atoms with E-state index in [1.165, 1.54) is 18.4 Å². The molecule has 0 saturated heterocycles. The number of hydrogen-bond donors (Lipinski definition) is 0. The van der Waals surface area contributed by atoms with Crippen molar-refractivity contribution >= 4 is 21.6 Å². The number of fused-ring (bicyclic) bond motifs is 1. The minimum absolute atomic E-state index is 0.177. The van der Waals surface area contributed by atoms with E-state index in [0.29, 0.717) is 30.0 Å². The fraction of sp³-hybridized carbons (Fsp3) is 0.174. The fourth-order valence-electron chi connectivity index (χ4n) is 3.45. The Morgan fingerprint density at radius 1 is 0.967 bits per heavy atom. The molecule has 1 amide bonds. The molecule has 3 aromatic rings. The van der Waals surface area contributed by atoms with Gasteiger partial charge in [-0.15, -0.1) is 0 Å². The number of carbonyl (C=O) groups is 1. The van der Waals surface area contributed by atoms with Crippen molar-refractivity contribution in [2.24, 2.45) is 0 Å². The molecule has 0 aliphatic carbocycles. The number of para-hydroxylation sites is 2. The average Bonchev–Trinajstić information content (AvgIpc) is 3.17. The minimum Gasteiger partial charge on any atom is -0.457 e. The first-order valence-corrected chi connectivity index (χ1v) is 11.0. The van der Waals surface area contributed by atoms with E-state index in [2.05, 4.69) is 0 Å². The van der Waals surface area contributed by atoms with Gasteiger partial charge in [0, 0.05) is 26.3 Å². The number of rotatable bonds is 5. The van der Waals surface area contributed by atoms with Crippen LogP contribution in [0.3, 0.4) is 0 Å². The summed E-state index contributed by atoms with van der Waals surface area (Å²) < 4.78 is 32.0. The van der Waals surface area contributed by atoms with E-state index in [-0.39, 0.29) is 10.8 Å². The summed E-state index contributed by atoms with van der Waals surface area (Å²) in [7, 11) is -0.516. The van der Waals surface area contributed by atoms with Gasteiger partial charge < -0.3 is 9.64 Å². The van der Waals surface area contributed by atoms with Gasteiger partial charge in [0.1, 0.15) is 11.5 Å². The fourth-order valence-corrected chi connectivity index (χ4v) is 4.41. The molecule has 0 spiro atoms. The summed E-state index contributed by atoms with van der Waals surface area (Å²) in [5, 5.41) is 0. The van der Waals surface area contributed by atoms with Crippen LogP contribution < -0.4 is 9.64 Å². The Bertz CT molecular complexity index is 1190. The molecule has 3 aromatic carbocycles. The molecule has 1 aliphatic heterocycles. The Kier molecular flexibility index (Phi) is 5.32. The van der Waals surface area contributed by atoms with Crippen LogP contribution in [0.25, 0.3) is 0 Å². The standard InChI is InChI=1S/C23H22N2O4S/c1-24(2)30(27,28)19-12-13-21-17(16-19)14-15-25(21)23(26)20-10-6-7-11-22(20)29-18-8-4-3-5-9-18/h3-13,16H,14-15H2,1-2H3. The molecule has 7 heteroatoms. The van der Waals surface area contributed by atoms with E-state index >= 15 is 0 Å². The Balaban J connectivity index is 1.64. The lowest BCUT2D eigenvalue weighted by atomic mass is 10.1. The van der Waals surface area contributed by atoms with Crippen molar-refractivity contribution in [3.05, 3.63) is 83.9 Å². The molecule has 0 aromatic heterocycles. The van der Waals surface area contributed by atoms with Crippen molar-refractivity contribution in [1.82, 2.24) is 4.31 Å². The molecule has 4 rings (SSSR count). The molecule has 0 saturated carbocycles. The predicted octanol–water partition coefficient (Wildman–Crippen LogP) is 3.93. The molecule has 1 aliphatic rings. The van der Waals surface area contributed by atoms with Crippen molar-refractivity contribution < 1.29 is 17.9 Å². The van der Waals surface area contributed by atoms with E-state index in [4.69, 9.17) is 4.74 Å². The molecule has 30 heavy (non-hydrogen) atoms. The van der Waals surface area contributed by atoms with E-state index in [1.807, 2.05) is 36.4 Å². The van der Waals surface area contributed by atoms with Crippen LogP contribution in [0.5, 0.6) is 11.5 Å². The van der Waals surface area contributed by atoms with Crippen LogP contribution in [0.15, 0.2) is 77.7 Å². The molecular formula is C23H22N2O4S. The molecule has 0 unspecified atom stereocenters. The Labute approximate surface area is 176 Å². The number of amides is 1. The SMILES string of the molecule is CN(C)S(=O)(=O)c1ccc2c(c1)CCN2C(=O)c1ccccc1Oc1ccccc1. The highest BCUT2D eigenvalue weighted by Crippen LogP contribution is 2.34. The lowest BCUT2D eigenvalue weighted by molar-refractivity contribution is 0.0987. The average molecular weight is 423 g/mol. The first-order valence-electron chi connectivity index (χ1n) is 9.57.